The molecule has 0 aromatic heterocycles. The summed E-state index contributed by atoms with van der Waals surface area (Å²) in [6.07, 6.45) is 4.51. The van der Waals surface area contributed by atoms with E-state index >= 15 is 0 Å². The summed E-state index contributed by atoms with van der Waals surface area (Å²) in [5.74, 6) is 0.685. The molecule has 1 aliphatic carbocycles. The van der Waals surface area contributed by atoms with Crippen LogP contribution >= 0.6 is 0 Å². The van der Waals surface area contributed by atoms with Gasteiger partial charge in [0.1, 0.15) is 0 Å². The van der Waals surface area contributed by atoms with Gasteiger partial charge in [-0.25, -0.2) is 0 Å². The van der Waals surface area contributed by atoms with Gasteiger partial charge in [0, 0.05) is 5.41 Å². The molecule has 16 heavy (non-hydrogen) atoms. The average Bonchev–Trinajstić information content (AvgIpc) is 2.62. The standard InChI is InChI=1S/C15H22O/c1-12-7-6-10-15(12,11-13(2)16)14-8-4-3-5-9-14/h3-5,8-9,12-13,16H,6-7,10-11H2,1-2H3/t12-,13+,15-/m1/s1. The van der Waals surface area contributed by atoms with Gasteiger partial charge in [0.05, 0.1) is 6.10 Å². The fraction of sp³-hybridized carbons (Fsp3) is 0.600. The van der Waals surface area contributed by atoms with Gasteiger partial charge in [0.15, 0.2) is 0 Å². The maximum Gasteiger partial charge on any atom is 0.0520 e. The molecule has 3 atom stereocenters. The number of aliphatic hydroxyl groups excluding tert-OH is 1. The molecule has 1 N–H and O–H groups in total. The smallest absolute Gasteiger partial charge is 0.0520 e. The predicted molar refractivity (Wildman–Crippen MR) is 67.4 cm³/mol. The van der Waals surface area contributed by atoms with E-state index < -0.39 is 0 Å². The van der Waals surface area contributed by atoms with E-state index in [-0.39, 0.29) is 11.5 Å². The molecule has 1 nitrogen and oxygen atoms in total. The van der Waals surface area contributed by atoms with E-state index in [0.717, 1.165) is 6.42 Å². The molecule has 0 heterocycles. The first-order valence-corrected chi connectivity index (χ1v) is 6.39. The first kappa shape index (κ1) is 11.7. The SMILES string of the molecule is C[C@H](O)C[C@]1(c2ccccc2)CCC[C@H]1C. The lowest BCUT2D eigenvalue weighted by Gasteiger charge is -2.35. The molecule has 1 saturated carbocycles. The van der Waals surface area contributed by atoms with Crippen LogP contribution in [-0.2, 0) is 5.41 Å². The number of hydrogen-bond acceptors (Lipinski definition) is 1. The van der Waals surface area contributed by atoms with Crippen molar-refractivity contribution in [1.29, 1.82) is 0 Å². The van der Waals surface area contributed by atoms with Gasteiger partial charge in [-0.2, -0.15) is 0 Å². The zero-order valence-electron chi connectivity index (χ0n) is 10.3. The van der Waals surface area contributed by atoms with Gasteiger partial charge < -0.3 is 5.11 Å². The summed E-state index contributed by atoms with van der Waals surface area (Å²) in [4.78, 5) is 0. The Labute approximate surface area is 98.5 Å². The molecular weight excluding hydrogens is 196 g/mol. The molecule has 1 heteroatoms. The molecule has 0 amide bonds. The Balaban J connectivity index is 2.35. The third-order valence-electron chi connectivity index (χ3n) is 4.21. The summed E-state index contributed by atoms with van der Waals surface area (Å²) >= 11 is 0. The molecule has 88 valence electrons. The minimum atomic E-state index is -0.208. The van der Waals surface area contributed by atoms with Gasteiger partial charge in [0.2, 0.25) is 0 Å². The normalized spacial score (nSPS) is 31.6. The highest BCUT2D eigenvalue weighted by Gasteiger charge is 2.42. The van der Waals surface area contributed by atoms with Gasteiger partial charge in [-0.1, -0.05) is 43.7 Å². The first-order valence-electron chi connectivity index (χ1n) is 6.39. The molecule has 0 aliphatic heterocycles. The van der Waals surface area contributed by atoms with Crippen LogP contribution in [0.3, 0.4) is 0 Å². The third-order valence-corrected chi connectivity index (χ3v) is 4.21. The summed E-state index contributed by atoms with van der Waals surface area (Å²) in [7, 11) is 0. The molecule has 0 spiro atoms. The minimum Gasteiger partial charge on any atom is -0.393 e. The van der Waals surface area contributed by atoms with Crippen LogP contribution in [0.5, 0.6) is 0 Å². The van der Waals surface area contributed by atoms with Gasteiger partial charge in [-0.3, -0.25) is 0 Å². The molecular formula is C15H22O. The maximum atomic E-state index is 9.76. The van der Waals surface area contributed by atoms with Crippen LogP contribution in [0.15, 0.2) is 30.3 Å². The van der Waals surface area contributed by atoms with Crippen LogP contribution in [0.4, 0.5) is 0 Å². The summed E-state index contributed by atoms with van der Waals surface area (Å²) < 4.78 is 0. The Morgan fingerprint density at radius 2 is 2.06 bits per heavy atom. The second-order valence-corrected chi connectivity index (χ2v) is 5.37. The Morgan fingerprint density at radius 1 is 1.38 bits per heavy atom. The maximum absolute atomic E-state index is 9.76. The summed E-state index contributed by atoms with van der Waals surface area (Å²) in [6.45, 7) is 4.25. The number of benzene rings is 1. The van der Waals surface area contributed by atoms with E-state index in [0.29, 0.717) is 5.92 Å². The second kappa shape index (κ2) is 4.58. The molecule has 0 bridgehead atoms. The Hall–Kier alpha value is -0.820. The lowest BCUT2D eigenvalue weighted by molar-refractivity contribution is 0.132. The molecule has 1 aromatic carbocycles. The van der Waals surface area contributed by atoms with E-state index in [1.807, 2.05) is 6.92 Å². The zero-order valence-corrected chi connectivity index (χ0v) is 10.3. The van der Waals surface area contributed by atoms with Crippen LogP contribution in [0.1, 0.15) is 45.1 Å². The van der Waals surface area contributed by atoms with Gasteiger partial charge in [-0.15, -0.1) is 0 Å². The van der Waals surface area contributed by atoms with Crippen molar-refractivity contribution in [3.05, 3.63) is 35.9 Å². The first-order chi connectivity index (χ1) is 7.65. The van der Waals surface area contributed by atoms with Crippen LogP contribution in [0.2, 0.25) is 0 Å². The molecule has 1 fully saturated rings. The zero-order chi connectivity index (χ0) is 11.6. The minimum absolute atomic E-state index is 0.208. The summed E-state index contributed by atoms with van der Waals surface area (Å²) in [5, 5.41) is 9.76. The lowest BCUT2D eigenvalue weighted by Crippen LogP contribution is -2.32. The number of hydrogen-bond donors (Lipinski definition) is 1. The molecule has 0 radical (unpaired) electrons. The number of rotatable bonds is 3. The lowest BCUT2D eigenvalue weighted by atomic mass is 9.69. The van der Waals surface area contributed by atoms with Crippen LogP contribution in [-0.4, -0.2) is 11.2 Å². The summed E-state index contributed by atoms with van der Waals surface area (Å²) in [5.41, 5.74) is 1.64. The van der Waals surface area contributed by atoms with Crippen molar-refractivity contribution in [1.82, 2.24) is 0 Å². The largest absolute Gasteiger partial charge is 0.393 e. The highest BCUT2D eigenvalue weighted by Crippen LogP contribution is 2.48. The van der Waals surface area contributed by atoms with Gasteiger partial charge >= 0.3 is 0 Å². The van der Waals surface area contributed by atoms with Crippen molar-refractivity contribution in [3.63, 3.8) is 0 Å². The van der Waals surface area contributed by atoms with E-state index in [9.17, 15) is 5.11 Å². The van der Waals surface area contributed by atoms with E-state index in [2.05, 4.69) is 37.3 Å². The predicted octanol–water partition coefficient (Wildman–Crippen LogP) is 3.52. The third kappa shape index (κ3) is 2.01. The topological polar surface area (TPSA) is 20.2 Å². The Bertz CT molecular complexity index is 331. The summed E-state index contributed by atoms with van der Waals surface area (Å²) in [6, 6.07) is 10.8. The Kier molecular flexibility index (Phi) is 3.34. The molecule has 1 aliphatic rings. The fourth-order valence-electron chi connectivity index (χ4n) is 3.39. The van der Waals surface area contributed by atoms with Crippen molar-refractivity contribution in [3.8, 4) is 0 Å². The highest BCUT2D eigenvalue weighted by molar-refractivity contribution is 5.28. The van der Waals surface area contributed by atoms with Gasteiger partial charge in [-0.05, 0) is 37.7 Å². The highest BCUT2D eigenvalue weighted by atomic mass is 16.3. The van der Waals surface area contributed by atoms with Crippen molar-refractivity contribution in [2.24, 2.45) is 5.92 Å². The van der Waals surface area contributed by atoms with Crippen LogP contribution in [0, 0.1) is 5.92 Å². The molecule has 0 saturated heterocycles. The van der Waals surface area contributed by atoms with Crippen LogP contribution in [0.25, 0.3) is 0 Å². The van der Waals surface area contributed by atoms with E-state index in [1.54, 1.807) is 0 Å². The molecule has 0 unspecified atom stereocenters. The van der Waals surface area contributed by atoms with Crippen molar-refractivity contribution < 1.29 is 5.11 Å². The monoisotopic (exact) mass is 218 g/mol. The van der Waals surface area contributed by atoms with Gasteiger partial charge in [0.25, 0.3) is 0 Å². The quantitative estimate of drug-likeness (QED) is 0.823. The Morgan fingerprint density at radius 3 is 2.56 bits per heavy atom. The van der Waals surface area contributed by atoms with E-state index in [1.165, 1.54) is 24.8 Å². The molecule has 2 rings (SSSR count). The van der Waals surface area contributed by atoms with Crippen molar-refractivity contribution in [2.75, 3.05) is 0 Å². The number of aliphatic hydroxyl groups is 1. The molecule has 1 aromatic rings. The van der Waals surface area contributed by atoms with Crippen molar-refractivity contribution in [2.45, 2.75) is 51.0 Å². The fourth-order valence-corrected chi connectivity index (χ4v) is 3.39. The van der Waals surface area contributed by atoms with Crippen molar-refractivity contribution >= 4 is 0 Å². The van der Waals surface area contributed by atoms with E-state index in [4.69, 9.17) is 0 Å². The second-order valence-electron chi connectivity index (χ2n) is 5.37. The average molecular weight is 218 g/mol. The van der Waals surface area contributed by atoms with Crippen LogP contribution < -0.4 is 0 Å².